The van der Waals surface area contributed by atoms with Gasteiger partial charge < -0.3 is 13.9 Å². The van der Waals surface area contributed by atoms with Gasteiger partial charge >= 0.3 is 11.9 Å². The molecule has 0 bridgehead atoms. The van der Waals surface area contributed by atoms with E-state index in [0.717, 1.165) is 10.4 Å². The van der Waals surface area contributed by atoms with Crippen LogP contribution in [-0.4, -0.2) is 44.4 Å². The summed E-state index contributed by atoms with van der Waals surface area (Å²) >= 11 is 3.37. The van der Waals surface area contributed by atoms with Crippen LogP contribution in [0, 0.1) is 0 Å². The van der Waals surface area contributed by atoms with Gasteiger partial charge in [0.15, 0.2) is 6.10 Å². The summed E-state index contributed by atoms with van der Waals surface area (Å²) in [7, 11) is -3.07. The summed E-state index contributed by atoms with van der Waals surface area (Å²) < 4.78 is 17.3. The third-order valence-corrected chi connectivity index (χ3v) is 10.9. The highest BCUT2D eigenvalue weighted by Gasteiger charge is 2.54. The van der Waals surface area contributed by atoms with Crippen LogP contribution in [0.4, 0.5) is 0 Å². The highest BCUT2D eigenvalue weighted by Crippen LogP contribution is 2.38. The number of benzene rings is 2. The van der Waals surface area contributed by atoms with Gasteiger partial charge in [-0.25, -0.2) is 4.79 Å². The molecule has 0 aliphatic carbocycles. The van der Waals surface area contributed by atoms with Crippen LogP contribution in [-0.2, 0) is 23.5 Å². The molecule has 0 radical (unpaired) electrons. The summed E-state index contributed by atoms with van der Waals surface area (Å²) in [6.45, 7) is 10.2. The van der Waals surface area contributed by atoms with Gasteiger partial charge in [-0.2, -0.15) is 0 Å². The van der Waals surface area contributed by atoms with E-state index in [4.69, 9.17) is 13.9 Å². The molecule has 2 aromatic carbocycles. The van der Waals surface area contributed by atoms with E-state index < -0.39 is 31.2 Å². The zero-order valence-corrected chi connectivity index (χ0v) is 21.3. The Hall–Kier alpha value is -1.96. The molecule has 0 spiro atoms. The number of alkyl halides is 1. The van der Waals surface area contributed by atoms with Crippen LogP contribution in [0.15, 0.2) is 60.7 Å². The molecule has 0 amide bonds. The summed E-state index contributed by atoms with van der Waals surface area (Å²) in [6, 6.07) is 19.9. The molecule has 0 saturated heterocycles. The highest BCUT2D eigenvalue weighted by molar-refractivity contribution is 9.10. The summed E-state index contributed by atoms with van der Waals surface area (Å²) in [4.78, 5) is 24.6. The van der Waals surface area contributed by atoms with Crippen molar-refractivity contribution in [3.8, 4) is 0 Å². The van der Waals surface area contributed by atoms with Crippen LogP contribution in [0.25, 0.3) is 0 Å². The van der Waals surface area contributed by atoms with Gasteiger partial charge in [-0.15, -0.1) is 0 Å². The van der Waals surface area contributed by atoms with Crippen LogP contribution < -0.4 is 10.4 Å². The fraction of sp³-hybridized carbons (Fsp3) is 0.417. The van der Waals surface area contributed by atoms with Gasteiger partial charge in [-0.05, 0) is 29.3 Å². The smallest absolute Gasteiger partial charge is 0.335 e. The largest absolute Gasteiger partial charge is 0.465 e. The molecule has 2 rings (SSSR count). The second kappa shape index (κ2) is 11.1. The molecule has 2 atom stereocenters. The van der Waals surface area contributed by atoms with Crippen molar-refractivity contribution in [1.29, 1.82) is 0 Å². The van der Waals surface area contributed by atoms with Crippen molar-refractivity contribution in [3.63, 3.8) is 0 Å². The molecule has 31 heavy (non-hydrogen) atoms. The summed E-state index contributed by atoms with van der Waals surface area (Å²) in [5.74, 6) is -1.15. The maximum atomic E-state index is 13.0. The van der Waals surface area contributed by atoms with E-state index in [1.807, 2.05) is 60.7 Å². The number of rotatable bonds is 9. The topological polar surface area (TPSA) is 61.8 Å². The number of ether oxygens (including phenoxy) is 2. The fourth-order valence-corrected chi connectivity index (χ4v) is 8.96. The molecule has 2 aromatic rings. The first-order valence-corrected chi connectivity index (χ1v) is 13.3. The lowest BCUT2D eigenvalue weighted by atomic mass is 10.2. The van der Waals surface area contributed by atoms with Crippen molar-refractivity contribution in [2.75, 3.05) is 13.2 Å². The van der Waals surface area contributed by atoms with Crippen molar-refractivity contribution in [2.45, 2.75) is 50.6 Å². The standard InChI is InChI=1S/C24H31BrO5Si/c1-6-28-22(26)20(25)21(23(27)29-7-2)30-31(24(3,4)5,18-14-10-8-11-15-18)19-16-12-9-13-17-19/h8-17,20-21H,6-7H2,1-5H3/t20?,21-/m1/s1. The van der Waals surface area contributed by atoms with Gasteiger partial charge in [0.1, 0.15) is 4.83 Å². The van der Waals surface area contributed by atoms with Crippen LogP contribution >= 0.6 is 15.9 Å². The first kappa shape index (κ1) is 25.3. The van der Waals surface area contributed by atoms with Crippen molar-refractivity contribution in [3.05, 3.63) is 60.7 Å². The van der Waals surface area contributed by atoms with Crippen molar-refractivity contribution in [2.24, 2.45) is 0 Å². The Kier molecular flexibility index (Phi) is 9.03. The first-order chi connectivity index (χ1) is 14.7. The Balaban J connectivity index is 2.71. The lowest BCUT2D eigenvalue weighted by Crippen LogP contribution is -2.69. The number of carbonyl (C=O) groups is 2. The lowest BCUT2D eigenvalue weighted by molar-refractivity contribution is -0.157. The minimum Gasteiger partial charge on any atom is -0.465 e. The van der Waals surface area contributed by atoms with E-state index in [1.165, 1.54) is 0 Å². The zero-order valence-electron chi connectivity index (χ0n) is 18.8. The monoisotopic (exact) mass is 506 g/mol. The van der Waals surface area contributed by atoms with Gasteiger partial charge in [0.05, 0.1) is 13.2 Å². The van der Waals surface area contributed by atoms with Gasteiger partial charge in [-0.3, -0.25) is 4.79 Å². The van der Waals surface area contributed by atoms with E-state index >= 15 is 0 Å². The predicted octanol–water partition coefficient (Wildman–Crippen LogP) is 3.82. The van der Waals surface area contributed by atoms with Crippen LogP contribution in [0.1, 0.15) is 34.6 Å². The second-order valence-corrected chi connectivity index (χ2v) is 13.3. The van der Waals surface area contributed by atoms with E-state index in [2.05, 4.69) is 36.7 Å². The molecule has 0 saturated carbocycles. The minimum atomic E-state index is -3.07. The molecule has 0 aliphatic rings. The third kappa shape index (κ3) is 5.64. The molecule has 0 N–H and O–H groups in total. The second-order valence-electron chi connectivity index (χ2n) is 8.11. The quantitative estimate of drug-likeness (QED) is 0.294. The molecule has 1 unspecified atom stereocenters. The van der Waals surface area contributed by atoms with E-state index in [-0.39, 0.29) is 18.3 Å². The lowest BCUT2D eigenvalue weighted by Gasteiger charge is -2.45. The zero-order chi connectivity index (χ0) is 23.1. The number of hydrogen-bond donors (Lipinski definition) is 0. The Morgan fingerprint density at radius 2 is 1.26 bits per heavy atom. The van der Waals surface area contributed by atoms with Gasteiger partial charge in [-0.1, -0.05) is 97.4 Å². The van der Waals surface area contributed by atoms with Crippen LogP contribution in [0.2, 0.25) is 5.04 Å². The summed E-state index contributed by atoms with van der Waals surface area (Å²) in [5.41, 5.74) is 0. The first-order valence-electron chi connectivity index (χ1n) is 10.4. The SMILES string of the molecule is CCOC(=O)C(Br)[C@@H](O[Si](c1ccccc1)(c1ccccc1)C(C)(C)C)C(=O)OCC. The van der Waals surface area contributed by atoms with Crippen LogP contribution in [0.3, 0.4) is 0 Å². The number of halogens is 1. The average Bonchev–Trinajstić information content (AvgIpc) is 2.75. The minimum absolute atomic E-state index is 0.183. The molecule has 0 aromatic heterocycles. The molecule has 7 heteroatoms. The summed E-state index contributed by atoms with van der Waals surface area (Å²) in [6.07, 6.45) is -1.16. The van der Waals surface area contributed by atoms with Crippen LogP contribution in [0.5, 0.6) is 0 Å². The maximum absolute atomic E-state index is 13.0. The maximum Gasteiger partial charge on any atom is 0.335 e. The van der Waals surface area contributed by atoms with E-state index in [1.54, 1.807) is 13.8 Å². The normalized spacial score (nSPS) is 13.9. The molecular formula is C24H31BrO5Si. The fourth-order valence-electron chi connectivity index (χ4n) is 3.68. The predicted molar refractivity (Wildman–Crippen MR) is 128 cm³/mol. The van der Waals surface area contributed by atoms with Gasteiger partial charge in [0, 0.05) is 0 Å². The number of hydrogen-bond acceptors (Lipinski definition) is 5. The van der Waals surface area contributed by atoms with E-state index in [9.17, 15) is 9.59 Å². The van der Waals surface area contributed by atoms with Crippen molar-refractivity contribution in [1.82, 2.24) is 0 Å². The van der Waals surface area contributed by atoms with E-state index in [0.29, 0.717) is 0 Å². The number of carbonyl (C=O) groups excluding carboxylic acids is 2. The summed E-state index contributed by atoms with van der Waals surface area (Å²) in [5, 5.41) is 1.65. The van der Waals surface area contributed by atoms with Crippen molar-refractivity contribution < 1.29 is 23.5 Å². The Bertz CT molecular complexity index is 812. The molecule has 0 aliphatic heterocycles. The molecular weight excluding hydrogens is 476 g/mol. The van der Waals surface area contributed by atoms with Crippen molar-refractivity contribution >= 4 is 46.6 Å². The average molecular weight is 507 g/mol. The van der Waals surface area contributed by atoms with Gasteiger partial charge in [0.2, 0.25) is 0 Å². The third-order valence-electron chi connectivity index (χ3n) is 5.02. The molecule has 0 fully saturated rings. The molecule has 5 nitrogen and oxygen atoms in total. The Morgan fingerprint density at radius 1 is 0.839 bits per heavy atom. The van der Waals surface area contributed by atoms with Gasteiger partial charge in [0.25, 0.3) is 8.32 Å². The Morgan fingerprint density at radius 3 is 1.65 bits per heavy atom. The molecule has 168 valence electrons. The number of esters is 2. The molecule has 0 heterocycles. The highest BCUT2D eigenvalue weighted by atomic mass is 79.9. The Labute approximate surface area is 194 Å².